The number of amides is 3. The van der Waals surface area contributed by atoms with Crippen molar-refractivity contribution in [2.45, 2.75) is 12.3 Å². The number of anilines is 3. The van der Waals surface area contributed by atoms with Crippen molar-refractivity contribution < 1.29 is 23.5 Å². The number of pyridine rings is 1. The van der Waals surface area contributed by atoms with Crippen LogP contribution in [0.25, 0.3) is 11.1 Å². The number of nitrogens with one attached hydrogen (secondary N) is 2. The summed E-state index contributed by atoms with van der Waals surface area (Å²) < 4.78 is 20.4. The zero-order valence-electron chi connectivity index (χ0n) is 24.0. The van der Waals surface area contributed by atoms with E-state index in [1.807, 2.05) is 36.4 Å². The molecule has 5 aromatic rings. The van der Waals surface area contributed by atoms with Crippen LogP contribution in [0.1, 0.15) is 43.3 Å². The third kappa shape index (κ3) is 5.40. The zero-order chi connectivity index (χ0) is 30.9. The van der Waals surface area contributed by atoms with Crippen LogP contribution in [-0.4, -0.2) is 36.0 Å². The molecule has 0 atom stereocenters. The number of nitrogens with zero attached hydrogens (tertiary/aromatic N) is 2. The van der Waals surface area contributed by atoms with Crippen molar-refractivity contribution in [2.24, 2.45) is 0 Å². The number of fused-ring (bicyclic) bond motifs is 4. The number of ether oxygens (including phenoxy) is 1. The van der Waals surface area contributed by atoms with Crippen molar-refractivity contribution in [3.63, 3.8) is 0 Å². The lowest BCUT2D eigenvalue weighted by Gasteiger charge is -2.17. The second-order valence-electron chi connectivity index (χ2n) is 10.9. The van der Waals surface area contributed by atoms with Gasteiger partial charge in [0.15, 0.2) is 0 Å². The monoisotopic (exact) mass is 598 g/mol. The quantitative estimate of drug-likeness (QED) is 0.218. The van der Waals surface area contributed by atoms with Gasteiger partial charge in [0.25, 0.3) is 11.8 Å². The summed E-state index contributed by atoms with van der Waals surface area (Å²) in [5.41, 5.74) is 6.99. The Kier molecular flexibility index (Phi) is 7.27. The minimum Gasteiger partial charge on any atom is -0.448 e. The highest BCUT2D eigenvalue weighted by molar-refractivity contribution is 6.08. The van der Waals surface area contributed by atoms with Gasteiger partial charge in [-0.05, 0) is 82.8 Å². The number of benzene rings is 4. The standard InChI is InChI=1S/C36H27FN4O4/c37-32-13-11-25(40-36(44)45-21-31-28-9-3-1-7-26(28)27-8-2-4-10-29(27)31)19-30(32)34(42)39-24-12-14-33-22(18-24)15-17-41(33)35(43)23-6-5-16-38-20-23/h1-14,16,18-20,31H,15,17,21H2,(H,39,42)(H,40,44). The molecule has 0 fully saturated rings. The SMILES string of the molecule is O=C(Nc1ccc(F)c(C(=O)Nc2ccc3c(c2)CCN3C(=O)c2cccnc2)c1)OCC1c2ccccc2-c2ccccc21. The van der Waals surface area contributed by atoms with Gasteiger partial charge in [0.05, 0.1) is 11.1 Å². The highest BCUT2D eigenvalue weighted by atomic mass is 19.1. The second-order valence-corrected chi connectivity index (χ2v) is 10.9. The minimum absolute atomic E-state index is 0.106. The molecule has 0 radical (unpaired) electrons. The van der Waals surface area contributed by atoms with Crippen molar-refractivity contribution >= 4 is 35.0 Å². The Morgan fingerprint density at radius 2 is 1.56 bits per heavy atom. The van der Waals surface area contributed by atoms with Gasteiger partial charge in [-0.25, -0.2) is 9.18 Å². The predicted octanol–water partition coefficient (Wildman–Crippen LogP) is 7.04. The molecule has 1 aliphatic heterocycles. The molecular formula is C36H27FN4O4. The molecule has 4 aromatic carbocycles. The second kappa shape index (κ2) is 11.7. The van der Waals surface area contributed by atoms with E-state index < -0.39 is 17.8 Å². The van der Waals surface area contributed by atoms with E-state index in [9.17, 15) is 18.8 Å². The number of hydrogen-bond donors (Lipinski definition) is 2. The number of halogens is 1. The van der Waals surface area contributed by atoms with Gasteiger partial charge in [0.1, 0.15) is 12.4 Å². The van der Waals surface area contributed by atoms with E-state index in [-0.39, 0.29) is 29.7 Å². The fourth-order valence-corrected chi connectivity index (χ4v) is 6.06. The maximum atomic E-state index is 14.8. The molecular weight excluding hydrogens is 571 g/mol. The topological polar surface area (TPSA) is 101 Å². The number of carbonyl (C=O) groups excluding carboxylic acids is 3. The number of rotatable bonds is 6. The zero-order valence-corrected chi connectivity index (χ0v) is 24.0. The number of aromatic nitrogens is 1. The molecule has 7 rings (SSSR count). The molecule has 0 spiro atoms. The highest BCUT2D eigenvalue weighted by Crippen LogP contribution is 2.44. The molecule has 0 bridgehead atoms. The van der Waals surface area contributed by atoms with E-state index in [1.54, 1.807) is 41.4 Å². The highest BCUT2D eigenvalue weighted by Gasteiger charge is 2.29. The van der Waals surface area contributed by atoms with E-state index in [0.29, 0.717) is 24.2 Å². The van der Waals surface area contributed by atoms with E-state index >= 15 is 0 Å². The van der Waals surface area contributed by atoms with Gasteiger partial charge in [0, 0.05) is 41.9 Å². The Morgan fingerprint density at radius 1 is 0.844 bits per heavy atom. The Morgan fingerprint density at radius 3 is 2.29 bits per heavy atom. The van der Waals surface area contributed by atoms with E-state index in [4.69, 9.17) is 4.74 Å². The van der Waals surface area contributed by atoms with Gasteiger partial charge in [-0.1, -0.05) is 48.5 Å². The van der Waals surface area contributed by atoms with E-state index in [2.05, 4.69) is 27.8 Å². The summed E-state index contributed by atoms with van der Waals surface area (Å²) in [6.45, 7) is 0.622. The molecule has 2 N–H and O–H groups in total. The maximum Gasteiger partial charge on any atom is 0.411 e. The molecule has 1 aromatic heterocycles. The lowest BCUT2D eigenvalue weighted by Crippen LogP contribution is -2.28. The average molecular weight is 599 g/mol. The van der Waals surface area contributed by atoms with Gasteiger partial charge in [-0.3, -0.25) is 19.9 Å². The van der Waals surface area contributed by atoms with E-state index in [1.165, 1.54) is 18.3 Å². The Hall–Kier alpha value is -5.83. The predicted molar refractivity (Wildman–Crippen MR) is 169 cm³/mol. The molecule has 0 unspecified atom stereocenters. The van der Waals surface area contributed by atoms with Gasteiger partial charge in [0.2, 0.25) is 0 Å². The molecule has 9 heteroatoms. The third-order valence-electron chi connectivity index (χ3n) is 8.19. The van der Waals surface area contributed by atoms with Crippen LogP contribution >= 0.6 is 0 Å². The summed E-state index contributed by atoms with van der Waals surface area (Å²) in [6.07, 6.45) is 3.04. The lowest BCUT2D eigenvalue weighted by atomic mass is 9.98. The van der Waals surface area contributed by atoms with Crippen LogP contribution in [-0.2, 0) is 11.2 Å². The van der Waals surface area contributed by atoms with Crippen LogP contribution in [0, 0.1) is 5.82 Å². The van der Waals surface area contributed by atoms with Gasteiger partial charge in [-0.15, -0.1) is 0 Å². The van der Waals surface area contributed by atoms with Crippen LogP contribution in [0.4, 0.5) is 26.2 Å². The summed E-state index contributed by atoms with van der Waals surface area (Å²) in [5, 5.41) is 5.34. The largest absolute Gasteiger partial charge is 0.448 e. The third-order valence-corrected chi connectivity index (χ3v) is 8.19. The molecule has 222 valence electrons. The van der Waals surface area contributed by atoms with Crippen LogP contribution in [0.15, 0.2) is 109 Å². The minimum atomic E-state index is -0.736. The van der Waals surface area contributed by atoms with Crippen molar-refractivity contribution in [3.8, 4) is 11.1 Å². The summed E-state index contributed by atoms with van der Waals surface area (Å²) in [6, 6.07) is 28.5. The maximum absolute atomic E-state index is 14.8. The van der Waals surface area contributed by atoms with E-state index in [0.717, 1.165) is 39.6 Å². The first-order chi connectivity index (χ1) is 22.0. The smallest absolute Gasteiger partial charge is 0.411 e. The van der Waals surface area contributed by atoms with Crippen molar-refractivity contribution in [3.05, 3.63) is 143 Å². The Balaban J connectivity index is 1.00. The van der Waals surface area contributed by atoms with Crippen LogP contribution in [0.2, 0.25) is 0 Å². The van der Waals surface area contributed by atoms with Gasteiger partial charge >= 0.3 is 6.09 Å². The first-order valence-corrected chi connectivity index (χ1v) is 14.5. The Labute approximate surface area is 258 Å². The van der Waals surface area contributed by atoms with Crippen molar-refractivity contribution in [1.82, 2.24) is 4.98 Å². The van der Waals surface area contributed by atoms with Gasteiger partial charge in [-0.2, -0.15) is 0 Å². The van der Waals surface area contributed by atoms with Crippen LogP contribution in [0.3, 0.4) is 0 Å². The number of hydrogen-bond acceptors (Lipinski definition) is 5. The first kappa shape index (κ1) is 28.0. The molecule has 2 heterocycles. The fourth-order valence-electron chi connectivity index (χ4n) is 6.06. The summed E-state index contributed by atoms with van der Waals surface area (Å²) in [5.74, 6) is -1.67. The molecule has 45 heavy (non-hydrogen) atoms. The fraction of sp³-hybridized carbons (Fsp3) is 0.111. The normalized spacial score (nSPS) is 13.0. The summed E-state index contributed by atoms with van der Waals surface area (Å²) in [7, 11) is 0. The molecule has 8 nitrogen and oxygen atoms in total. The molecule has 0 saturated heterocycles. The van der Waals surface area contributed by atoms with Crippen molar-refractivity contribution in [2.75, 3.05) is 28.7 Å². The van der Waals surface area contributed by atoms with Crippen molar-refractivity contribution in [1.29, 1.82) is 0 Å². The molecule has 2 aliphatic rings. The van der Waals surface area contributed by atoms with Crippen LogP contribution < -0.4 is 15.5 Å². The average Bonchev–Trinajstić information content (AvgIpc) is 3.63. The first-order valence-electron chi connectivity index (χ1n) is 14.5. The summed E-state index contributed by atoms with van der Waals surface area (Å²) in [4.78, 5) is 44.5. The summed E-state index contributed by atoms with van der Waals surface area (Å²) >= 11 is 0. The number of carbonyl (C=O) groups is 3. The molecule has 0 saturated carbocycles. The lowest BCUT2D eigenvalue weighted by molar-refractivity contribution is 0.0987. The molecule has 1 aliphatic carbocycles. The van der Waals surface area contributed by atoms with Gasteiger partial charge < -0.3 is 15.0 Å². The van der Waals surface area contributed by atoms with Crippen LogP contribution in [0.5, 0.6) is 0 Å². The Bertz CT molecular complexity index is 1920. The molecule has 3 amide bonds.